The van der Waals surface area contributed by atoms with Gasteiger partial charge < -0.3 is 19.9 Å². The van der Waals surface area contributed by atoms with Crippen LogP contribution in [0.4, 0.5) is 0 Å². The van der Waals surface area contributed by atoms with E-state index in [0.29, 0.717) is 23.7 Å². The first-order valence-electron chi connectivity index (χ1n) is 13.3. The third-order valence-electron chi connectivity index (χ3n) is 6.89. The van der Waals surface area contributed by atoms with Gasteiger partial charge in [-0.2, -0.15) is 5.26 Å². The highest BCUT2D eigenvalue weighted by molar-refractivity contribution is 5.84. The standard InChI is InChI=1S/C34H30N2O4/c1-2-3-20-38-26-16-14-25(15-17-26)32-28-19-18-27(21-30(28)40-33(36)29(32)22-35)39-34(37)31(23-10-6-4-7-11-23)24-12-8-5-9-13-24/h4-19,21,31-32H,2-3,20,36H2,1H3. The normalized spacial score (nSPS) is 14.2. The number of nitrogens with zero attached hydrogens (tertiary/aromatic N) is 1. The molecular weight excluding hydrogens is 500 g/mol. The number of fused-ring (bicyclic) bond motifs is 1. The van der Waals surface area contributed by atoms with Gasteiger partial charge in [-0.05, 0) is 41.3 Å². The van der Waals surface area contributed by atoms with Gasteiger partial charge in [0.25, 0.3) is 0 Å². The molecule has 0 saturated carbocycles. The summed E-state index contributed by atoms with van der Waals surface area (Å²) in [5, 5.41) is 9.91. The predicted molar refractivity (Wildman–Crippen MR) is 153 cm³/mol. The van der Waals surface area contributed by atoms with Gasteiger partial charge >= 0.3 is 5.97 Å². The molecule has 2 N–H and O–H groups in total. The topological polar surface area (TPSA) is 94.6 Å². The van der Waals surface area contributed by atoms with E-state index in [4.69, 9.17) is 19.9 Å². The smallest absolute Gasteiger partial charge is 0.323 e. The van der Waals surface area contributed by atoms with E-state index in [2.05, 4.69) is 13.0 Å². The molecule has 200 valence electrons. The Balaban J connectivity index is 1.43. The molecule has 40 heavy (non-hydrogen) atoms. The Labute approximate surface area is 234 Å². The molecular formula is C34H30N2O4. The van der Waals surface area contributed by atoms with Crippen molar-refractivity contribution in [2.75, 3.05) is 6.61 Å². The second-order valence-electron chi connectivity index (χ2n) is 9.57. The van der Waals surface area contributed by atoms with E-state index in [1.165, 1.54) is 0 Å². The number of nitriles is 1. The zero-order chi connectivity index (χ0) is 27.9. The Bertz CT molecular complexity index is 1500. The largest absolute Gasteiger partial charge is 0.494 e. The maximum absolute atomic E-state index is 13.5. The molecule has 0 aliphatic carbocycles. The van der Waals surface area contributed by atoms with Crippen LogP contribution in [-0.4, -0.2) is 12.6 Å². The Morgan fingerprint density at radius 2 is 1.55 bits per heavy atom. The number of esters is 1. The molecule has 0 amide bonds. The van der Waals surface area contributed by atoms with Gasteiger partial charge in [0.1, 0.15) is 34.8 Å². The molecule has 5 rings (SSSR count). The highest BCUT2D eigenvalue weighted by Crippen LogP contribution is 2.44. The number of carbonyl (C=O) groups is 1. The number of hydrogen-bond donors (Lipinski definition) is 1. The minimum Gasteiger partial charge on any atom is -0.494 e. The molecule has 6 heteroatoms. The number of benzene rings is 4. The maximum atomic E-state index is 13.5. The van der Waals surface area contributed by atoms with Crippen LogP contribution in [0.15, 0.2) is 115 Å². The van der Waals surface area contributed by atoms with E-state index >= 15 is 0 Å². The summed E-state index contributed by atoms with van der Waals surface area (Å²) < 4.78 is 17.5. The fraction of sp³-hybridized carbons (Fsp3) is 0.176. The number of allylic oxidation sites excluding steroid dienone is 1. The molecule has 0 bridgehead atoms. The molecule has 0 fully saturated rings. The van der Waals surface area contributed by atoms with Crippen LogP contribution in [0.2, 0.25) is 0 Å². The minimum absolute atomic E-state index is 0.0261. The Morgan fingerprint density at radius 3 is 2.15 bits per heavy atom. The Morgan fingerprint density at radius 1 is 0.925 bits per heavy atom. The molecule has 1 atom stereocenters. The summed E-state index contributed by atoms with van der Waals surface area (Å²) in [5.74, 6) is 0.125. The Hall–Kier alpha value is -5.02. The molecule has 0 radical (unpaired) electrons. The molecule has 4 aromatic rings. The summed E-state index contributed by atoms with van der Waals surface area (Å²) in [6.45, 7) is 2.77. The van der Waals surface area contributed by atoms with E-state index in [9.17, 15) is 10.1 Å². The van der Waals surface area contributed by atoms with Crippen LogP contribution in [-0.2, 0) is 4.79 Å². The van der Waals surface area contributed by atoms with Gasteiger partial charge in [-0.3, -0.25) is 4.79 Å². The number of ether oxygens (including phenoxy) is 3. The van der Waals surface area contributed by atoms with Gasteiger partial charge in [-0.1, -0.05) is 92.2 Å². The maximum Gasteiger partial charge on any atom is 0.323 e. The van der Waals surface area contributed by atoms with Crippen molar-refractivity contribution >= 4 is 5.97 Å². The van der Waals surface area contributed by atoms with Crippen molar-refractivity contribution in [3.05, 3.63) is 137 Å². The summed E-state index contributed by atoms with van der Waals surface area (Å²) in [5.41, 5.74) is 9.83. The Kier molecular flexibility index (Phi) is 8.13. The molecule has 0 spiro atoms. The fourth-order valence-electron chi connectivity index (χ4n) is 4.86. The third-order valence-corrected chi connectivity index (χ3v) is 6.89. The summed E-state index contributed by atoms with van der Waals surface area (Å²) in [7, 11) is 0. The van der Waals surface area contributed by atoms with Gasteiger partial charge in [0.2, 0.25) is 5.88 Å². The summed E-state index contributed by atoms with van der Waals surface area (Å²) in [6.07, 6.45) is 2.04. The molecule has 1 heterocycles. The lowest BCUT2D eigenvalue weighted by Gasteiger charge is -2.27. The van der Waals surface area contributed by atoms with Crippen LogP contribution in [0.5, 0.6) is 17.2 Å². The lowest BCUT2D eigenvalue weighted by atomic mass is 9.83. The van der Waals surface area contributed by atoms with Crippen LogP contribution in [0.25, 0.3) is 0 Å². The first kappa shape index (κ1) is 26.6. The molecule has 6 nitrogen and oxygen atoms in total. The highest BCUT2D eigenvalue weighted by Gasteiger charge is 2.32. The van der Waals surface area contributed by atoms with Crippen molar-refractivity contribution < 1.29 is 19.0 Å². The molecule has 0 aromatic heterocycles. The molecule has 1 unspecified atom stereocenters. The quantitative estimate of drug-likeness (QED) is 0.145. The van der Waals surface area contributed by atoms with Crippen molar-refractivity contribution in [3.8, 4) is 23.3 Å². The van der Waals surface area contributed by atoms with Crippen molar-refractivity contribution in [2.45, 2.75) is 31.6 Å². The number of carbonyl (C=O) groups excluding carboxylic acids is 1. The summed E-state index contributed by atoms with van der Waals surface area (Å²) in [6, 6.07) is 34.1. The van der Waals surface area contributed by atoms with Crippen molar-refractivity contribution in [3.63, 3.8) is 0 Å². The number of rotatable bonds is 9. The average Bonchev–Trinajstić information content (AvgIpc) is 2.98. The van der Waals surface area contributed by atoms with Crippen LogP contribution < -0.4 is 19.9 Å². The third kappa shape index (κ3) is 5.69. The van der Waals surface area contributed by atoms with E-state index in [1.54, 1.807) is 12.1 Å². The predicted octanol–water partition coefficient (Wildman–Crippen LogP) is 6.82. The molecule has 1 aliphatic heterocycles. The molecule has 1 aliphatic rings. The lowest BCUT2D eigenvalue weighted by molar-refractivity contribution is -0.135. The number of nitrogens with two attached hydrogens (primary N) is 1. The monoisotopic (exact) mass is 530 g/mol. The van der Waals surface area contributed by atoms with Gasteiger partial charge in [-0.15, -0.1) is 0 Å². The van der Waals surface area contributed by atoms with Gasteiger partial charge in [0.05, 0.1) is 12.5 Å². The first-order valence-corrected chi connectivity index (χ1v) is 13.3. The van der Waals surface area contributed by atoms with E-state index < -0.39 is 17.8 Å². The number of hydrogen-bond acceptors (Lipinski definition) is 6. The zero-order valence-corrected chi connectivity index (χ0v) is 22.2. The second kappa shape index (κ2) is 12.2. The van der Waals surface area contributed by atoms with Crippen LogP contribution >= 0.6 is 0 Å². The summed E-state index contributed by atoms with van der Waals surface area (Å²) >= 11 is 0. The van der Waals surface area contributed by atoms with E-state index in [1.807, 2.05) is 91.0 Å². The van der Waals surface area contributed by atoms with Crippen LogP contribution in [0.1, 0.15) is 53.9 Å². The van der Waals surface area contributed by atoms with Crippen molar-refractivity contribution in [1.29, 1.82) is 5.26 Å². The van der Waals surface area contributed by atoms with Gasteiger partial charge in [0, 0.05) is 11.6 Å². The van der Waals surface area contributed by atoms with Gasteiger partial charge in [0.15, 0.2) is 0 Å². The van der Waals surface area contributed by atoms with Crippen LogP contribution in [0, 0.1) is 11.3 Å². The number of unbranched alkanes of at least 4 members (excludes halogenated alkanes) is 1. The van der Waals surface area contributed by atoms with Crippen LogP contribution in [0.3, 0.4) is 0 Å². The van der Waals surface area contributed by atoms with E-state index in [0.717, 1.165) is 40.8 Å². The van der Waals surface area contributed by atoms with E-state index in [-0.39, 0.29) is 5.88 Å². The van der Waals surface area contributed by atoms with Gasteiger partial charge in [-0.25, -0.2) is 0 Å². The van der Waals surface area contributed by atoms with Crippen molar-refractivity contribution in [1.82, 2.24) is 0 Å². The molecule has 4 aromatic carbocycles. The zero-order valence-electron chi connectivity index (χ0n) is 22.2. The highest BCUT2D eigenvalue weighted by atomic mass is 16.5. The fourth-order valence-corrected chi connectivity index (χ4v) is 4.86. The summed E-state index contributed by atoms with van der Waals surface area (Å²) in [4.78, 5) is 13.5. The van der Waals surface area contributed by atoms with Crippen molar-refractivity contribution in [2.24, 2.45) is 5.73 Å². The molecule has 0 saturated heterocycles. The SMILES string of the molecule is CCCCOc1ccc(C2C(C#N)=C(N)Oc3cc(OC(=O)C(c4ccccc4)c4ccccc4)ccc32)cc1. The first-order chi connectivity index (χ1) is 19.6. The minimum atomic E-state index is -0.597. The lowest BCUT2D eigenvalue weighted by Crippen LogP contribution is -2.22. The second-order valence-corrected chi connectivity index (χ2v) is 9.57. The average molecular weight is 531 g/mol.